The van der Waals surface area contributed by atoms with Crippen molar-refractivity contribution < 1.29 is 78.0 Å². The van der Waals surface area contributed by atoms with Crippen molar-refractivity contribution in [3.8, 4) is 17.2 Å². The average molecular weight is 742 g/mol. The number of aliphatic hydroxyl groups excluding tert-OH is 1. The number of carbonyl (C=O) groups is 6. The molecule has 0 unspecified atom stereocenters. The van der Waals surface area contributed by atoms with Crippen molar-refractivity contribution in [2.75, 3.05) is 20.3 Å². The number of carbonyl (C=O) groups excluding carboxylic acids is 5. The van der Waals surface area contributed by atoms with Crippen LogP contribution in [0.1, 0.15) is 88.1 Å². The van der Waals surface area contributed by atoms with Crippen molar-refractivity contribution in [3.63, 3.8) is 0 Å². The molecule has 0 aromatic heterocycles. The number of phenols is 2. The van der Waals surface area contributed by atoms with Gasteiger partial charge in [0.15, 0.2) is 18.7 Å². The van der Waals surface area contributed by atoms with Crippen LogP contribution in [-0.2, 0) is 39.8 Å². The molecule has 1 heterocycles. The van der Waals surface area contributed by atoms with Gasteiger partial charge in [0, 0.05) is 48.8 Å². The average Bonchev–Trinajstić information content (AvgIpc) is 3.11. The lowest BCUT2D eigenvalue weighted by atomic mass is 9.72. The maximum absolute atomic E-state index is 13.9. The molecule has 6 N–H and O–H groups in total. The number of hydrogen-bond acceptors (Lipinski definition) is 15. The number of fused-ring (bicyclic) bond motifs is 3. The summed E-state index contributed by atoms with van der Waals surface area (Å²) in [6.07, 6.45) is -6.92. The summed E-state index contributed by atoms with van der Waals surface area (Å²) in [5.41, 5.74) is -4.48. The van der Waals surface area contributed by atoms with E-state index in [0.29, 0.717) is 0 Å². The van der Waals surface area contributed by atoms with Crippen molar-refractivity contribution in [2.45, 2.75) is 81.7 Å². The van der Waals surface area contributed by atoms with E-state index in [2.05, 4.69) is 11.9 Å². The fourth-order valence-corrected chi connectivity index (χ4v) is 6.78. The number of esters is 1. The largest absolute Gasteiger partial charge is 0.507 e. The normalized spacial score (nSPS) is 24.6. The highest BCUT2D eigenvalue weighted by Crippen LogP contribution is 2.52. The molecule has 17 nitrogen and oxygen atoms in total. The first-order valence-corrected chi connectivity index (χ1v) is 16.6. The number of ketones is 3. The Labute approximate surface area is 302 Å². The maximum atomic E-state index is 13.9. The summed E-state index contributed by atoms with van der Waals surface area (Å²) >= 11 is 0. The summed E-state index contributed by atoms with van der Waals surface area (Å²) in [6.45, 7) is 3.87. The van der Waals surface area contributed by atoms with Gasteiger partial charge in [0.2, 0.25) is 11.6 Å². The zero-order valence-corrected chi connectivity index (χ0v) is 28.8. The second-order valence-corrected chi connectivity index (χ2v) is 12.9. The number of rotatable bonds is 13. The van der Waals surface area contributed by atoms with E-state index in [-0.39, 0.29) is 60.3 Å². The number of carboxylic acids is 1. The lowest BCUT2D eigenvalue weighted by molar-refractivity contribution is -0.249. The molecule has 2 aromatic carbocycles. The smallest absolute Gasteiger partial charge is 0.407 e. The molecule has 0 bridgehead atoms. The summed E-state index contributed by atoms with van der Waals surface area (Å²) in [6, 6.07) is 3.23. The van der Waals surface area contributed by atoms with Crippen molar-refractivity contribution in [2.24, 2.45) is 0 Å². The Bertz CT molecular complexity index is 1850. The molecule has 1 aliphatic heterocycles. The number of methoxy groups -OCH3 is 1. The van der Waals surface area contributed by atoms with Crippen LogP contribution in [0.4, 0.5) is 4.79 Å². The van der Waals surface area contributed by atoms with Crippen molar-refractivity contribution in [1.29, 1.82) is 0 Å². The number of ether oxygens (including phenoxy) is 5. The molecule has 17 heteroatoms. The third-order valence-corrected chi connectivity index (χ3v) is 9.39. The molecule has 284 valence electrons. The van der Waals surface area contributed by atoms with Crippen LogP contribution in [0.3, 0.4) is 0 Å². The van der Waals surface area contributed by atoms with Gasteiger partial charge in [-0.2, -0.15) is 0 Å². The van der Waals surface area contributed by atoms with E-state index in [1.807, 2.05) is 0 Å². The lowest BCUT2D eigenvalue weighted by Crippen LogP contribution is -2.56. The highest BCUT2D eigenvalue weighted by atomic mass is 16.7. The minimum Gasteiger partial charge on any atom is -0.507 e. The maximum Gasteiger partial charge on any atom is 0.407 e. The Morgan fingerprint density at radius 2 is 1.77 bits per heavy atom. The third-order valence-electron chi connectivity index (χ3n) is 9.39. The Kier molecular flexibility index (Phi) is 11.5. The van der Waals surface area contributed by atoms with Crippen molar-refractivity contribution in [3.05, 3.63) is 64.2 Å². The number of aliphatic hydroxyl groups is 2. The standard InChI is InChI=1S/C36H39NO16/c1-4-11-50-35(47)37-19-12-25(52-16(2)30(19)42)53-21-14-36(48,22(38)15-51-24(41)10-6-9-23(39)40)13-18-27(21)34(46)29-28(32(18)44)31(43)17-7-5-8-20(49-3)26(17)33(29)45/h4-5,7-8,16,19,21,25,30,42,44,46,48H,1,6,9-15H2,2-3H3,(H,37,47)(H,39,40)/t16-,19-,21-,25-,30+,36-/m0/s1. The summed E-state index contributed by atoms with van der Waals surface area (Å²) in [7, 11) is 1.28. The summed E-state index contributed by atoms with van der Waals surface area (Å²) in [4.78, 5) is 76.6. The van der Waals surface area contributed by atoms with Crippen LogP contribution in [0.15, 0.2) is 30.9 Å². The van der Waals surface area contributed by atoms with Gasteiger partial charge in [-0.3, -0.25) is 24.0 Å². The number of aliphatic carboxylic acids is 1. The highest BCUT2D eigenvalue weighted by Gasteiger charge is 2.51. The number of Topliss-reactive ketones (excluding diaryl/α,β-unsaturated/α-hetero) is 1. The molecule has 2 aliphatic carbocycles. The first-order valence-electron chi connectivity index (χ1n) is 16.6. The predicted molar refractivity (Wildman–Crippen MR) is 178 cm³/mol. The van der Waals surface area contributed by atoms with Crippen LogP contribution in [0, 0.1) is 0 Å². The fraction of sp³-hybridized carbons (Fsp3) is 0.444. The number of carboxylic acid groups (broad SMARTS) is 1. The number of amides is 1. The quantitative estimate of drug-likeness (QED) is 0.0828. The number of benzene rings is 2. The Hall–Kier alpha value is -5.36. The number of nitrogens with one attached hydrogen (secondary N) is 1. The van der Waals surface area contributed by atoms with Crippen LogP contribution >= 0.6 is 0 Å². The second kappa shape index (κ2) is 15.7. The molecule has 5 rings (SSSR count). The number of hydrogen-bond donors (Lipinski definition) is 6. The van der Waals surface area contributed by atoms with E-state index in [9.17, 15) is 49.2 Å². The molecule has 0 saturated carbocycles. The van der Waals surface area contributed by atoms with Gasteiger partial charge in [-0.1, -0.05) is 24.8 Å². The molecule has 0 spiro atoms. The Balaban J connectivity index is 1.53. The van der Waals surface area contributed by atoms with Gasteiger partial charge in [-0.15, -0.1) is 0 Å². The fourth-order valence-electron chi connectivity index (χ4n) is 6.78. The number of phenolic OH excluding ortho intramolecular Hbond substituents is 2. The van der Waals surface area contributed by atoms with E-state index >= 15 is 0 Å². The van der Waals surface area contributed by atoms with E-state index in [0.717, 1.165) is 0 Å². The predicted octanol–water partition coefficient (Wildman–Crippen LogP) is 1.76. The van der Waals surface area contributed by atoms with Crippen LogP contribution in [0.25, 0.3) is 0 Å². The van der Waals surface area contributed by atoms with Crippen molar-refractivity contribution in [1.82, 2.24) is 5.32 Å². The monoisotopic (exact) mass is 741 g/mol. The molecule has 1 saturated heterocycles. The van der Waals surface area contributed by atoms with E-state index in [1.54, 1.807) is 0 Å². The van der Waals surface area contributed by atoms with Gasteiger partial charge >= 0.3 is 18.0 Å². The summed E-state index contributed by atoms with van der Waals surface area (Å²) < 4.78 is 27.3. The van der Waals surface area contributed by atoms with Gasteiger partial charge in [0.25, 0.3) is 0 Å². The highest BCUT2D eigenvalue weighted by molar-refractivity contribution is 6.31. The molecule has 1 fully saturated rings. The third kappa shape index (κ3) is 7.73. The van der Waals surface area contributed by atoms with Crippen LogP contribution < -0.4 is 10.1 Å². The molecule has 6 atom stereocenters. The Morgan fingerprint density at radius 1 is 1.06 bits per heavy atom. The minimum atomic E-state index is -2.47. The molecule has 2 aromatic rings. The SMILES string of the molecule is C=CCOC(=O)N[C@H]1C[C@H](O[C@H]2C[C@](O)(C(=O)COC(=O)CCCC(=O)O)Cc3c(O)c4c(c(O)c32)C(=O)c2c(OC)cccc2C4=O)O[C@@H](C)[C@H]1O. The zero-order chi connectivity index (χ0) is 38.8. The van der Waals surface area contributed by atoms with Gasteiger partial charge < -0.3 is 54.5 Å². The second-order valence-electron chi connectivity index (χ2n) is 12.9. The van der Waals surface area contributed by atoms with Gasteiger partial charge in [0.1, 0.15) is 35.6 Å². The number of alkyl carbamates (subject to hydrolysis) is 1. The summed E-state index contributed by atoms with van der Waals surface area (Å²) in [5, 5.41) is 57.4. The molecular weight excluding hydrogens is 702 g/mol. The van der Waals surface area contributed by atoms with E-state index in [1.165, 1.54) is 38.3 Å². The number of aromatic hydroxyl groups is 2. The molecule has 3 aliphatic rings. The first kappa shape index (κ1) is 38.9. The lowest BCUT2D eigenvalue weighted by Gasteiger charge is -2.42. The summed E-state index contributed by atoms with van der Waals surface area (Å²) in [5.74, 6) is -6.38. The molecule has 53 heavy (non-hydrogen) atoms. The molecular formula is C36H39NO16. The minimum absolute atomic E-state index is 0.0294. The van der Waals surface area contributed by atoms with Crippen LogP contribution in [-0.4, -0.2) is 111 Å². The van der Waals surface area contributed by atoms with Gasteiger partial charge in [-0.05, 0) is 19.4 Å². The molecule has 0 radical (unpaired) electrons. The topological polar surface area (TPSA) is 262 Å². The van der Waals surface area contributed by atoms with Crippen LogP contribution in [0.5, 0.6) is 17.2 Å². The van der Waals surface area contributed by atoms with Gasteiger partial charge in [0.05, 0.1) is 42.0 Å². The van der Waals surface area contributed by atoms with Gasteiger partial charge in [-0.25, -0.2) is 4.79 Å². The van der Waals surface area contributed by atoms with E-state index in [4.69, 9.17) is 28.8 Å². The Morgan fingerprint density at radius 3 is 2.45 bits per heavy atom. The first-order chi connectivity index (χ1) is 25.1. The van der Waals surface area contributed by atoms with Crippen LogP contribution in [0.2, 0.25) is 0 Å². The molecule has 1 amide bonds. The van der Waals surface area contributed by atoms with E-state index < -0.39 is 114 Å². The zero-order valence-electron chi connectivity index (χ0n) is 28.8. The van der Waals surface area contributed by atoms with Crippen molar-refractivity contribution >= 4 is 35.4 Å².